The molecule has 5 nitrogen and oxygen atoms in total. The molecule has 8 N–H and O–H groups in total. The SMILES string of the molecule is NC(N)(N)CC(O)O. The van der Waals surface area contributed by atoms with Crippen molar-refractivity contribution in [2.24, 2.45) is 17.2 Å². The molecule has 0 bridgehead atoms. The van der Waals surface area contributed by atoms with Gasteiger partial charge in [0.15, 0.2) is 6.29 Å². The predicted molar refractivity (Wildman–Crippen MR) is 28.1 cm³/mol. The summed E-state index contributed by atoms with van der Waals surface area (Å²) in [7, 11) is 0. The molecule has 50 valence electrons. The monoisotopic (exact) mass is 121 g/mol. The number of aliphatic hydroxyl groups excluding tert-OH is 1. The molecule has 0 unspecified atom stereocenters. The van der Waals surface area contributed by atoms with Crippen molar-refractivity contribution < 1.29 is 10.2 Å². The topological polar surface area (TPSA) is 119 Å². The molecular weight excluding hydrogens is 110 g/mol. The highest BCUT2D eigenvalue weighted by Gasteiger charge is 2.15. The molecular formula is C3H11N3O2. The van der Waals surface area contributed by atoms with Crippen molar-refractivity contribution in [2.45, 2.75) is 18.5 Å². The molecule has 5 heteroatoms. The number of hydrogen-bond acceptors (Lipinski definition) is 5. The summed E-state index contributed by atoms with van der Waals surface area (Å²) in [4.78, 5) is 0. The van der Waals surface area contributed by atoms with Crippen molar-refractivity contribution in [1.82, 2.24) is 0 Å². The van der Waals surface area contributed by atoms with E-state index >= 15 is 0 Å². The van der Waals surface area contributed by atoms with Crippen LogP contribution in [0.3, 0.4) is 0 Å². The maximum absolute atomic E-state index is 8.20. The van der Waals surface area contributed by atoms with Gasteiger partial charge in [0.05, 0.1) is 0 Å². The minimum Gasteiger partial charge on any atom is -0.368 e. The van der Waals surface area contributed by atoms with Gasteiger partial charge in [-0.1, -0.05) is 0 Å². The highest BCUT2D eigenvalue weighted by Crippen LogP contribution is 1.91. The average Bonchev–Trinajstić information content (AvgIpc) is 1.21. The second kappa shape index (κ2) is 2.38. The Labute approximate surface area is 47.1 Å². The Morgan fingerprint density at radius 1 is 1.25 bits per heavy atom. The Kier molecular flexibility index (Phi) is 2.32. The second-order valence-corrected chi connectivity index (χ2v) is 1.80. The summed E-state index contributed by atoms with van der Waals surface area (Å²) in [5.41, 5.74) is 14.9. The van der Waals surface area contributed by atoms with Crippen molar-refractivity contribution in [3.63, 3.8) is 0 Å². The van der Waals surface area contributed by atoms with Gasteiger partial charge in [-0.15, -0.1) is 0 Å². The zero-order valence-electron chi connectivity index (χ0n) is 4.41. The van der Waals surface area contributed by atoms with Crippen LogP contribution in [0.2, 0.25) is 0 Å². The summed E-state index contributed by atoms with van der Waals surface area (Å²) in [6.45, 7) is 0. The number of aliphatic hydroxyl groups is 2. The van der Waals surface area contributed by atoms with E-state index in [9.17, 15) is 0 Å². The van der Waals surface area contributed by atoms with E-state index in [1.165, 1.54) is 0 Å². The van der Waals surface area contributed by atoms with Crippen LogP contribution in [-0.2, 0) is 0 Å². The van der Waals surface area contributed by atoms with E-state index in [1.807, 2.05) is 0 Å². The first kappa shape index (κ1) is 7.80. The maximum Gasteiger partial charge on any atom is 0.155 e. The summed E-state index contributed by atoms with van der Waals surface area (Å²) >= 11 is 0. The Balaban J connectivity index is 3.39. The van der Waals surface area contributed by atoms with Crippen LogP contribution < -0.4 is 17.2 Å². The lowest BCUT2D eigenvalue weighted by Crippen LogP contribution is -2.59. The van der Waals surface area contributed by atoms with Crippen molar-refractivity contribution >= 4 is 0 Å². The summed E-state index contributed by atoms with van der Waals surface area (Å²) < 4.78 is 0. The molecule has 0 aromatic carbocycles. The van der Waals surface area contributed by atoms with Crippen molar-refractivity contribution in [1.29, 1.82) is 0 Å². The first-order valence-electron chi connectivity index (χ1n) is 2.14. The van der Waals surface area contributed by atoms with E-state index < -0.39 is 12.1 Å². The summed E-state index contributed by atoms with van der Waals surface area (Å²) in [6, 6.07) is 0. The molecule has 0 aliphatic heterocycles. The fourth-order valence-corrected chi connectivity index (χ4v) is 0.316. The number of nitrogens with two attached hydrogens (primary N) is 3. The number of hydrogen-bond donors (Lipinski definition) is 5. The Morgan fingerprint density at radius 2 is 1.62 bits per heavy atom. The van der Waals surface area contributed by atoms with Gasteiger partial charge in [0.1, 0.15) is 5.79 Å². The summed E-state index contributed by atoms with van der Waals surface area (Å²) in [5, 5.41) is 16.4. The minimum atomic E-state index is -1.53. The van der Waals surface area contributed by atoms with Gasteiger partial charge < -0.3 is 27.4 Å². The average molecular weight is 121 g/mol. The zero-order chi connectivity index (χ0) is 6.78. The van der Waals surface area contributed by atoms with Gasteiger partial charge >= 0.3 is 0 Å². The fourth-order valence-electron chi connectivity index (χ4n) is 0.316. The van der Waals surface area contributed by atoms with E-state index in [1.54, 1.807) is 0 Å². The fraction of sp³-hybridized carbons (Fsp3) is 1.00. The van der Waals surface area contributed by atoms with Crippen LogP contribution in [-0.4, -0.2) is 22.3 Å². The van der Waals surface area contributed by atoms with Crippen LogP contribution in [0.15, 0.2) is 0 Å². The normalized spacial score (nSPS) is 12.8. The smallest absolute Gasteiger partial charge is 0.155 e. The molecule has 8 heavy (non-hydrogen) atoms. The lowest BCUT2D eigenvalue weighted by molar-refractivity contribution is -0.0584. The molecule has 0 radical (unpaired) electrons. The lowest BCUT2D eigenvalue weighted by Gasteiger charge is -2.18. The standard InChI is InChI=1S/C3H11N3O2/c4-3(5,6)1-2(7)8/h2,7-8H,1,4-6H2. The van der Waals surface area contributed by atoms with Gasteiger partial charge in [-0.3, -0.25) is 0 Å². The molecule has 0 saturated carbocycles. The lowest BCUT2D eigenvalue weighted by atomic mass is 10.3. The molecule has 0 heterocycles. The van der Waals surface area contributed by atoms with Crippen LogP contribution in [0.25, 0.3) is 0 Å². The molecule has 0 atom stereocenters. The van der Waals surface area contributed by atoms with E-state index in [4.69, 9.17) is 27.4 Å². The minimum absolute atomic E-state index is 0.229. The predicted octanol–water partition coefficient (Wildman–Crippen LogP) is -2.78. The Hall–Kier alpha value is -0.200. The van der Waals surface area contributed by atoms with Crippen molar-refractivity contribution in [3.8, 4) is 0 Å². The summed E-state index contributed by atoms with van der Waals surface area (Å²) in [5.74, 6) is -1.48. The number of rotatable bonds is 2. The van der Waals surface area contributed by atoms with E-state index in [0.29, 0.717) is 0 Å². The van der Waals surface area contributed by atoms with E-state index in [-0.39, 0.29) is 6.42 Å². The van der Waals surface area contributed by atoms with Crippen LogP contribution in [0.1, 0.15) is 6.42 Å². The van der Waals surface area contributed by atoms with Gasteiger partial charge in [0.2, 0.25) is 0 Å². The third kappa shape index (κ3) is 5.80. The van der Waals surface area contributed by atoms with Crippen LogP contribution in [0.5, 0.6) is 0 Å². The maximum atomic E-state index is 8.20. The molecule has 0 saturated heterocycles. The van der Waals surface area contributed by atoms with Crippen molar-refractivity contribution in [3.05, 3.63) is 0 Å². The quantitative estimate of drug-likeness (QED) is 0.253. The Morgan fingerprint density at radius 3 is 1.62 bits per heavy atom. The largest absolute Gasteiger partial charge is 0.368 e. The molecule has 0 aromatic heterocycles. The third-order valence-electron chi connectivity index (χ3n) is 0.536. The molecule has 0 fully saturated rings. The third-order valence-corrected chi connectivity index (χ3v) is 0.536. The van der Waals surface area contributed by atoms with Crippen LogP contribution in [0, 0.1) is 0 Å². The second-order valence-electron chi connectivity index (χ2n) is 1.80. The van der Waals surface area contributed by atoms with Gasteiger partial charge in [-0.25, -0.2) is 0 Å². The molecule has 0 aliphatic rings. The molecule has 0 rings (SSSR count). The first-order chi connectivity index (χ1) is 3.42. The van der Waals surface area contributed by atoms with E-state index in [0.717, 1.165) is 0 Å². The molecule has 0 aliphatic carbocycles. The van der Waals surface area contributed by atoms with Gasteiger partial charge in [0, 0.05) is 6.42 Å². The Bertz CT molecular complexity index is 67.4. The van der Waals surface area contributed by atoms with Crippen LogP contribution >= 0.6 is 0 Å². The molecule has 0 spiro atoms. The highest BCUT2D eigenvalue weighted by atomic mass is 16.5. The first-order valence-corrected chi connectivity index (χ1v) is 2.14. The highest BCUT2D eigenvalue weighted by molar-refractivity contribution is 4.67. The van der Waals surface area contributed by atoms with Gasteiger partial charge in [-0.2, -0.15) is 0 Å². The van der Waals surface area contributed by atoms with Crippen LogP contribution in [0.4, 0.5) is 0 Å². The summed E-state index contributed by atoms with van der Waals surface area (Å²) in [6.07, 6.45) is -1.76. The molecule has 0 aromatic rings. The van der Waals surface area contributed by atoms with Gasteiger partial charge in [-0.05, 0) is 0 Å². The molecule has 0 amide bonds. The van der Waals surface area contributed by atoms with Gasteiger partial charge in [0.25, 0.3) is 0 Å². The van der Waals surface area contributed by atoms with E-state index in [2.05, 4.69) is 0 Å². The zero-order valence-corrected chi connectivity index (χ0v) is 4.41. The van der Waals surface area contributed by atoms with Crippen molar-refractivity contribution in [2.75, 3.05) is 0 Å².